The van der Waals surface area contributed by atoms with Crippen LogP contribution in [-0.2, 0) is 13.5 Å². The fourth-order valence-corrected chi connectivity index (χ4v) is 3.61. The summed E-state index contributed by atoms with van der Waals surface area (Å²) in [5, 5.41) is 17.6. The number of aliphatic hydroxyl groups excluding tert-OH is 1. The van der Waals surface area contributed by atoms with E-state index in [2.05, 4.69) is 10.4 Å². The summed E-state index contributed by atoms with van der Waals surface area (Å²) in [7, 11) is 2.04. The van der Waals surface area contributed by atoms with Crippen molar-refractivity contribution in [1.82, 2.24) is 15.1 Å². The number of nitrogens with zero attached hydrogens (tertiary/aromatic N) is 2. The Kier molecular flexibility index (Phi) is 3.39. The highest BCUT2D eigenvalue weighted by molar-refractivity contribution is 5.25. The summed E-state index contributed by atoms with van der Waals surface area (Å²) in [6.45, 7) is 0.324. The lowest BCUT2D eigenvalue weighted by Gasteiger charge is -2.29. The van der Waals surface area contributed by atoms with Crippen LogP contribution in [0.25, 0.3) is 0 Å². The van der Waals surface area contributed by atoms with E-state index in [1.165, 1.54) is 43.4 Å². The van der Waals surface area contributed by atoms with Gasteiger partial charge >= 0.3 is 0 Å². The fraction of sp³-hybridized carbons (Fsp3) is 0.786. The first kappa shape index (κ1) is 12.2. The summed E-state index contributed by atoms with van der Waals surface area (Å²) in [6.07, 6.45) is 9.23. The summed E-state index contributed by atoms with van der Waals surface area (Å²) in [4.78, 5) is 0. The van der Waals surface area contributed by atoms with Gasteiger partial charge in [-0.05, 0) is 38.0 Å². The van der Waals surface area contributed by atoms with E-state index in [0.29, 0.717) is 24.6 Å². The number of hydrogen-bond acceptors (Lipinski definition) is 3. The van der Waals surface area contributed by atoms with Gasteiger partial charge < -0.3 is 10.4 Å². The van der Waals surface area contributed by atoms with Crippen molar-refractivity contribution in [1.29, 1.82) is 0 Å². The predicted molar refractivity (Wildman–Crippen MR) is 70.2 cm³/mol. The van der Waals surface area contributed by atoms with Gasteiger partial charge in [-0.15, -0.1) is 0 Å². The molecular weight excluding hydrogens is 226 g/mol. The number of fused-ring (bicyclic) bond motifs is 1. The quantitative estimate of drug-likeness (QED) is 0.854. The monoisotopic (exact) mass is 249 g/mol. The Balaban J connectivity index is 1.74. The fourth-order valence-electron chi connectivity index (χ4n) is 3.61. The third kappa shape index (κ3) is 2.08. The number of aliphatic hydroxyl groups is 1. The minimum absolute atomic E-state index is 0.324. The maximum Gasteiger partial charge on any atom is 0.0540 e. The topological polar surface area (TPSA) is 50.1 Å². The maximum atomic E-state index is 9.41. The van der Waals surface area contributed by atoms with E-state index in [-0.39, 0.29) is 0 Å². The lowest BCUT2D eigenvalue weighted by molar-refractivity contribution is 0.197. The molecule has 18 heavy (non-hydrogen) atoms. The summed E-state index contributed by atoms with van der Waals surface area (Å²) >= 11 is 0. The van der Waals surface area contributed by atoms with Gasteiger partial charge in [0.2, 0.25) is 0 Å². The Hall–Kier alpha value is -0.870. The van der Waals surface area contributed by atoms with Crippen LogP contribution in [-0.4, -0.2) is 27.5 Å². The van der Waals surface area contributed by atoms with Crippen molar-refractivity contribution in [3.63, 3.8) is 0 Å². The van der Waals surface area contributed by atoms with Crippen molar-refractivity contribution in [3.8, 4) is 0 Å². The molecule has 4 heteroatoms. The molecule has 3 unspecified atom stereocenters. The van der Waals surface area contributed by atoms with E-state index in [9.17, 15) is 5.11 Å². The zero-order valence-electron chi connectivity index (χ0n) is 11.1. The molecule has 4 nitrogen and oxygen atoms in total. The molecule has 0 spiro atoms. The van der Waals surface area contributed by atoms with Gasteiger partial charge in [0.25, 0.3) is 0 Å². The van der Waals surface area contributed by atoms with E-state index < -0.39 is 0 Å². The molecule has 2 aliphatic rings. The van der Waals surface area contributed by atoms with Crippen LogP contribution < -0.4 is 5.32 Å². The molecular formula is C14H23N3O. The summed E-state index contributed by atoms with van der Waals surface area (Å²) in [5.74, 6) is 0.451. The number of hydrogen-bond donors (Lipinski definition) is 2. The van der Waals surface area contributed by atoms with Gasteiger partial charge in [-0.2, -0.15) is 5.10 Å². The van der Waals surface area contributed by atoms with E-state index in [1.807, 2.05) is 17.9 Å². The van der Waals surface area contributed by atoms with Crippen molar-refractivity contribution in [2.75, 3.05) is 6.61 Å². The Morgan fingerprint density at radius 1 is 1.39 bits per heavy atom. The van der Waals surface area contributed by atoms with Crippen LogP contribution >= 0.6 is 0 Å². The average molecular weight is 249 g/mol. The van der Waals surface area contributed by atoms with Crippen LogP contribution in [0.4, 0.5) is 0 Å². The Morgan fingerprint density at radius 2 is 2.28 bits per heavy atom. The van der Waals surface area contributed by atoms with Gasteiger partial charge in [0.1, 0.15) is 0 Å². The Morgan fingerprint density at radius 3 is 3.11 bits per heavy atom. The van der Waals surface area contributed by atoms with Crippen LogP contribution in [0.15, 0.2) is 6.20 Å². The first-order valence-corrected chi connectivity index (χ1v) is 7.17. The van der Waals surface area contributed by atoms with Crippen molar-refractivity contribution >= 4 is 0 Å². The van der Waals surface area contributed by atoms with Gasteiger partial charge in [-0.25, -0.2) is 0 Å². The van der Waals surface area contributed by atoms with E-state index in [4.69, 9.17) is 0 Å². The zero-order chi connectivity index (χ0) is 12.5. The predicted octanol–water partition coefficient (Wildman–Crippen LogP) is 1.55. The third-order valence-corrected chi connectivity index (χ3v) is 4.68. The molecule has 1 saturated carbocycles. The van der Waals surface area contributed by atoms with Gasteiger partial charge in [0, 0.05) is 37.0 Å². The first-order valence-electron chi connectivity index (χ1n) is 7.17. The highest BCUT2D eigenvalue weighted by Gasteiger charge is 2.31. The molecule has 1 aromatic heterocycles. The van der Waals surface area contributed by atoms with Gasteiger partial charge in [-0.3, -0.25) is 4.68 Å². The number of rotatable bonds is 3. The maximum absolute atomic E-state index is 9.41. The average Bonchev–Trinajstić information content (AvgIpc) is 2.98. The number of aromatic nitrogens is 2. The van der Waals surface area contributed by atoms with Gasteiger partial charge in [0.05, 0.1) is 6.20 Å². The Labute approximate surface area is 108 Å². The second-order valence-corrected chi connectivity index (χ2v) is 5.76. The molecule has 0 amide bonds. The van der Waals surface area contributed by atoms with Crippen molar-refractivity contribution < 1.29 is 5.11 Å². The van der Waals surface area contributed by atoms with Gasteiger partial charge in [0.15, 0.2) is 0 Å². The van der Waals surface area contributed by atoms with Gasteiger partial charge in [-0.1, -0.05) is 6.42 Å². The Bertz CT molecular complexity index is 415. The first-order chi connectivity index (χ1) is 8.79. The minimum atomic E-state index is 0.324. The molecule has 0 radical (unpaired) electrons. The second kappa shape index (κ2) is 5.02. The molecule has 1 aromatic rings. The summed E-state index contributed by atoms with van der Waals surface area (Å²) in [5.41, 5.74) is 2.77. The molecule has 0 aliphatic heterocycles. The molecule has 1 heterocycles. The van der Waals surface area contributed by atoms with Crippen LogP contribution in [0.2, 0.25) is 0 Å². The summed E-state index contributed by atoms with van der Waals surface area (Å²) < 4.78 is 2.02. The molecule has 100 valence electrons. The molecule has 1 fully saturated rings. The van der Waals surface area contributed by atoms with Crippen molar-refractivity contribution in [3.05, 3.63) is 17.5 Å². The normalized spacial score (nSPS) is 31.6. The minimum Gasteiger partial charge on any atom is -0.396 e. The smallest absolute Gasteiger partial charge is 0.0540 e. The number of nitrogens with one attached hydrogen (secondary N) is 1. The molecule has 3 rings (SSSR count). The second-order valence-electron chi connectivity index (χ2n) is 5.76. The largest absolute Gasteiger partial charge is 0.396 e. The van der Waals surface area contributed by atoms with Crippen LogP contribution in [0.5, 0.6) is 0 Å². The highest BCUT2D eigenvalue weighted by Crippen LogP contribution is 2.33. The van der Waals surface area contributed by atoms with Crippen molar-refractivity contribution in [2.45, 2.75) is 50.6 Å². The van der Waals surface area contributed by atoms with Crippen LogP contribution in [0.3, 0.4) is 0 Å². The molecule has 0 aromatic carbocycles. The molecule has 3 atom stereocenters. The third-order valence-electron chi connectivity index (χ3n) is 4.68. The van der Waals surface area contributed by atoms with E-state index >= 15 is 0 Å². The SMILES string of the molecule is Cn1ncc2c1CCCC2NC1CCCC1CO. The van der Waals surface area contributed by atoms with E-state index in [1.54, 1.807) is 0 Å². The molecule has 0 bridgehead atoms. The van der Waals surface area contributed by atoms with E-state index in [0.717, 1.165) is 6.42 Å². The molecule has 2 aliphatic carbocycles. The lowest BCUT2D eigenvalue weighted by atomic mass is 9.91. The highest BCUT2D eigenvalue weighted by atomic mass is 16.3. The standard InChI is InChI=1S/C14H23N3O/c1-17-14-7-3-6-13(11(14)8-15-17)16-12-5-2-4-10(12)9-18/h8,10,12-13,16,18H,2-7,9H2,1H3. The van der Waals surface area contributed by atoms with Crippen LogP contribution in [0.1, 0.15) is 49.4 Å². The van der Waals surface area contributed by atoms with Crippen molar-refractivity contribution in [2.24, 2.45) is 13.0 Å². The molecule has 2 N–H and O–H groups in total. The zero-order valence-corrected chi connectivity index (χ0v) is 11.1. The summed E-state index contributed by atoms with van der Waals surface area (Å²) in [6, 6.07) is 0.936. The number of aryl methyl sites for hydroxylation is 1. The van der Waals surface area contributed by atoms with Crippen LogP contribution in [0, 0.1) is 5.92 Å². The lowest BCUT2D eigenvalue weighted by Crippen LogP contribution is -2.38. The molecule has 0 saturated heterocycles.